The number of benzene rings is 2. The van der Waals surface area contributed by atoms with Gasteiger partial charge in [0.1, 0.15) is 5.58 Å². The van der Waals surface area contributed by atoms with Crippen molar-refractivity contribution in [3.05, 3.63) is 69.1 Å². The van der Waals surface area contributed by atoms with Crippen LogP contribution in [0.5, 0.6) is 11.5 Å². The van der Waals surface area contributed by atoms with Gasteiger partial charge in [-0.05, 0) is 36.8 Å². The molecule has 1 aliphatic heterocycles. The Hall–Kier alpha value is -3.32. The van der Waals surface area contributed by atoms with Crippen LogP contribution in [0.15, 0.2) is 45.6 Å². The molecule has 1 atom stereocenters. The Morgan fingerprint density at radius 1 is 1.14 bits per heavy atom. The number of phenolic OH excluding ortho intramolecular Hbond substituents is 1. The van der Waals surface area contributed by atoms with Crippen LogP contribution < -0.4 is 10.2 Å². The molecular weight excluding hydrogens is 374 g/mol. The molecule has 0 radical (unpaired) electrons. The summed E-state index contributed by atoms with van der Waals surface area (Å²) in [7, 11) is 2.99. The maximum atomic E-state index is 13.4. The summed E-state index contributed by atoms with van der Waals surface area (Å²) < 4.78 is 16.3. The van der Waals surface area contributed by atoms with Gasteiger partial charge in [-0.3, -0.25) is 9.59 Å². The number of carbonyl (C=O) groups excluding carboxylic acids is 1. The summed E-state index contributed by atoms with van der Waals surface area (Å²) in [5, 5.41) is 10.4. The number of phenols is 1. The molecular formula is C22H21NO6. The van der Waals surface area contributed by atoms with Crippen LogP contribution in [-0.4, -0.2) is 43.3 Å². The molecule has 0 unspecified atom stereocenters. The van der Waals surface area contributed by atoms with E-state index in [1.807, 2.05) is 13.0 Å². The van der Waals surface area contributed by atoms with Gasteiger partial charge in [0.2, 0.25) is 5.76 Å². The first-order chi connectivity index (χ1) is 14.0. The van der Waals surface area contributed by atoms with E-state index in [4.69, 9.17) is 13.9 Å². The second-order valence-corrected chi connectivity index (χ2v) is 7.00. The SMILES string of the molecule is COCCN1C(=O)c2oc3ccc(C)cc3c(=O)c2[C@H]1c1ccc(O)c(OC)c1. The number of nitrogens with zero attached hydrogens (tertiary/aromatic N) is 1. The summed E-state index contributed by atoms with van der Waals surface area (Å²) in [4.78, 5) is 28.1. The van der Waals surface area contributed by atoms with Crippen LogP contribution in [0.4, 0.5) is 0 Å². The third kappa shape index (κ3) is 3.03. The van der Waals surface area contributed by atoms with Crippen molar-refractivity contribution in [2.75, 3.05) is 27.4 Å². The molecule has 1 aromatic heterocycles. The van der Waals surface area contributed by atoms with Crippen LogP contribution in [0.25, 0.3) is 11.0 Å². The van der Waals surface area contributed by atoms with Crippen LogP contribution in [0, 0.1) is 6.92 Å². The molecule has 4 rings (SSSR count). The molecule has 150 valence electrons. The van der Waals surface area contributed by atoms with Gasteiger partial charge in [0.15, 0.2) is 16.9 Å². The summed E-state index contributed by atoms with van der Waals surface area (Å²) >= 11 is 0. The van der Waals surface area contributed by atoms with Gasteiger partial charge in [0.25, 0.3) is 5.91 Å². The monoisotopic (exact) mass is 395 g/mol. The van der Waals surface area contributed by atoms with E-state index in [1.165, 1.54) is 13.2 Å². The number of aryl methyl sites for hydroxylation is 1. The molecule has 0 spiro atoms. The van der Waals surface area contributed by atoms with Crippen LogP contribution >= 0.6 is 0 Å². The van der Waals surface area contributed by atoms with Crippen molar-refractivity contribution in [3.8, 4) is 11.5 Å². The molecule has 3 aromatic rings. The molecule has 0 saturated heterocycles. The van der Waals surface area contributed by atoms with E-state index < -0.39 is 6.04 Å². The Balaban J connectivity index is 1.98. The minimum absolute atomic E-state index is 0.0228. The predicted molar refractivity (Wildman–Crippen MR) is 107 cm³/mol. The highest BCUT2D eigenvalue weighted by molar-refractivity contribution is 5.99. The standard InChI is InChI=1S/C22H21NO6/c1-12-4-7-16-14(10-12)20(25)18-19(13-5-6-15(24)17(11-13)28-3)23(8-9-27-2)22(26)21(18)29-16/h4-7,10-11,19,24H,8-9H2,1-3H3/t19-/m1/s1. The minimum atomic E-state index is -0.664. The van der Waals surface area contributed by atoms with Gasteiger partial charge < -0.3 is 23.9 Å². The molecule has 2 heterocycles. The third-order valence-electron chi connectivity index (χ3n) is 5.18. The summed E-state index contributed by atoms with van der Waals surface area (Å²) in [5.41, 5.74) is 1.99. The number of ether oxygens (including phenoxy) is 2. The van der Waals surface area contributed by atoms with E-state index in [1.54, 1.807) is 36.3 Å². The lowest BCUT2D eigenvalue weighted by Gasteiger charge is -2.25. The quantitative estimate of drug-likeness (QED) is 0.714. The zero-order valence-electron chi connectivity index (χ0n) is 16.4. The van der Waals surface area contributed by atoms with Crippen molar-refractivity contribution in [3.63, 3.8) is 0 Å². The van der Waals surface area contributed by atoms with Crippen molar-refractivity contribution >= 4 is 16.9 Å². The molecule has 1 N–H and O–H groups in total. The fourth-order valence-corrected chi connectivity index (χ4v) is 3.77. The Morgan fingerprint density at radius 3 is 2.66 bits per heavy atom. The average molecular weight is 395 g/mol. The number of methoxy groups -OCH3 is 2. The van der Waals surface area contributed by atoms with Crippen molar-refractivity contribution < 1.29 is 23.8 Å². The lowest BCUT2D eigenvalue weighted by molar-refractivity contribution is 0.0663. The molecule has 2 aromatic carbocycles. The van der Waals surface area contributed by atoms with Crippen LogP contribution in [-0.2, 0) is 4.74 Å². The van der Waals surface area contributed by atoms with Gasteiger partial charge in [-0.25, -0.2) is 0 Å². The molecule has 29 heavy (non-hydrogen) atoms. The van der Waals surface area contributed by atoms with Gasteiger partial charge in [0.05, 0.1) is 30.7 Å². The number of carbonyl (C=O) groups is 1. The number of aromatic hydroxyl groups is 1. The van der Waals surface area contributed by atoms with Gasteiger partial charge >= 0.3 is 0 Å². The van der Waals surface area contributed by atoms with E-state index in [0.717, 1.165) is 5.56 Å². The van der Waals surface area contributed by atoms with Crippen molar-refractivity contribution in [1.82, 2.24) is 4.90 Å². The maximum Gasteiger partial charge on any atom is 0.290 e. The topological polar surface area (TPSA) is 89.2 Å². The fourth-order valence-electron chi connectivity index (χ4n) is 3.77. The molecule has 0 fully saturated rings. The van der Waals surface area contributed by atoms with E-state index >= 15 is 0 Å². The highest BCUT2D eigenvalue weighted by Crippen LogP contribution is 2.40. The Morgan fingerprint density at radius 2 is 1.93 bits per heavy atom. The van der Waals surface area contributed by atoms with Crippen molar-refractivity contribution in [2.45, 2.75) is 13.0 Å². The molecule has 1 aliphatic rings. The Bertz CT molecular complexity index is 1170. The summed E-state index contributed by atoms with van der Waals surface area (Å²) in [6, 6.07) is 9.42. The van der Waals surface area contributed by atoms with E-state index in [9.17, 15) is 14.7 Å². The normalized spacial score (nSPS) is 15.8. The highest BCUT2D eigenvalue weighted by atomic mass is 16.5. The first-order valence-electron chi connectivity index (χ1n) is 9.20. The number of hydrogen-bond acceptors (Lipinski definition) is 6. The molecule has 1 amide bonds. The highest BCUT2D eigenvalue weighted by Gasteiger charge is 2.42. The van der Waals surface area contributed by atoms with Crippen LogP contribution in [0.3, 0.4) is 0 Å². The fraction of sp³-hybridized carbons (Fsp3) is 0.273. The summed E-state index contributed by atoms with van der Waals surface area (Å²) in [6.07, 6.45) is 0. The molecule has 0 bridgehead atoms. The number of amides is 1. The summed E-state index contributed by atoms with van der Waals surface area (Å²) in [6.45, 7) is 2.48. The lowest BCUT2D eigenvalue weighted by atomic mass is 9.97. The lowest BCUT2D eigenvalue weighted by Crippen LogP contribution is -2.32. The van der Waals surface area contributed by atoms with Gasteiger partial charge in [-0.2, -0.15) is 0 Å². The van der Waals surface area contributed by atoms with Crippen LogP contribution in [0.2, 0.25) is 0 Å². The Kier molecular flexibility index (Phi) is 4.76. The maximum absolute atomic E-state index is 13.4. The first-order valence-corrected chi connectivity index (χ1v) is 9.20. The Labute approximate surface area is 167 Å². The van der Waals surface area contributed by atoms with E-state index in [0.29, 0.717) is 23.1 Å². The van der Waals surface area contributed by atoms with Crippen molar-refractivity contribution in [2.24, 2.45) is 0 Å². The van der Waals surface area contributed by atoms with E-state index in [2.05, 4.69) is 0 Å². The zero-order chi connectivity index (χ0) is 20.7. The van der Waals surface area contributed by atoms with Crippen molar-refractivity contribution in [1.29, 1.82) is 0 Å². The smallest absolute Gasteiger partial charge is 0.290 e. The number of fused-ring (bicyclic) bond motifs is 2. The zero-order valence-corrected chi connectivity index (χ0v) is 16.4. The third-order valence-corrected chi connectivity index (χ3v) is 5.18. The number of rotatable bonds is 5. The first kappa shape index (κ1) is 19.0. The minimum Gasteiger partial charge on any atom is -0.504 e. The largest absolute Gasteiger partial charge is 0.504 e. The van der Waals surface area contributed by atoms with Crippen LogP contribution in [0.1, 0.15) is 33.3 Å². The average Bonchev–Trinajstić information content (AvgIpc) is 2.99. The molecule has 7 heteroatoms. The van der Waals surface area contributed by atoms with Gasteiger partial charge in [0, 0.05) is 13.7 Å². The molecule has 0 saturated carbocycles. The molecule has 7 nitrogen and oxygen atoms in total. The van der Waals surface area contributed by atoms with Gasteiger partial charge in [-0.1, -0.05) is 17.7 Å². The molecule has 0 aliphatic carbocycles. The second kappa shape index (κ2) is 7.25. The van der Waals surface area contributed by atoms with Gasteiger partial charge in [-0.15, -0.1) is 0 Å². The summed E-state index contributed by atoms with van der Waals surface area (Å²) in [5.74, 6) is -0.0883. The predicted octanol–water partition coefficient (Wildman–Crippen LogP) is 3.01. The van der Waals surface area contributed by atoms with E-state index in [-0.39, 0.29) is 40.7 Å². The number of hydrogen-bond donors (Lipinski definition) is 1. The second-order valence-electron chi connectivity index (χ2n) is 7.00.